The van der Waals surface area contributed by atoms with Crippen molar-refractivity contribution in [2.24, 2.45) is 0 Å². The van der Waals surface area contributed by atoms with E-state index in [0.29, 0.717) is 5.88 Å². The van der Waals surface area contributed by atoms with Gasteiger partial charge in [0, 0.05) is 5.88 Å². The van der Waals surface area contributed by atoms with Crippen molar-refractivity contribution in [1.29, 1.82) is 0 Å². The van der Waals surface area contributed by atoms with Gasteiger partial charge in [-0.15, -0.1) is 11.6 Å². The molecule has 0 saturated carbocycles. The van der Waals surface area contributed by atoms with Crippen LogP contribution in [0, 0.1) is 0 Å². The summed E-state index contributed by atoms with van der Waals surface area (Å²) < 4.78 is 0. The monoisotopic (exact) mass is 231 g/mol. The van der Waals surface area contributed by atoms with E-state index in [9.17, 15) is 0 Å². The molecule has 1 radical (unpaired) electrons. The standard InChI is InChI=1S/C10H13Cl2Si/c1-2-6-13(12)10-5-3-4-9(7-10)8-11/h3-5,7H,2,6,8H2,1H3. The molecule has 0 N–H and O–H groups in total. The number of benzene rings is 1. The second kappa shape index (κ2) is 5.69. The van der Waals surface area contributed by atoms with Crippen molar-refractivity contribution in [3.63, 3.8) is 0 Å². The van der Waals surface area contributed by atoms with Crippen molar-refractivity contribution in [1.82, 2.24) is 0 Å². The molecule has 0 unspecified atom stereocenters. The Morgan fingerprint density at radius 1 is 1.38 bits per heavy atom. The first-order chi connectivity index (χ1) is 6.27. The lowest BCUT2D eigenvalue weighted by molar-refractivity contribution is 1.07. The minimum absolute atomic E-state index is 0.575. The molecule has 13 heavy (non-hydrogen) atoms. The number of hydrogen-bond donors (Lipinski definition) is 0. The van der Waals surface area contributed by atoms with E-state index >= 15 is 0 Å². The minimum Gasteiger partial charge on any atom is -0.163 e. The fourth-order valence-corrected chi connectivity index (χ4v) is 3.62. The van der Waals surface area contributed by atoms with Crippen molar-refractivity contribution < 1.29 is 0 Å². The Balaban J connectivity index is 2.75. The summed E-state index contributed by atoms with van der Waals surface area (Å²) in [5, 5.41) is 1.28. The molecule has 1 aromatic carbocycles. The first kappa shape index (κ1) is 11.1. The van der Waals surface area contributed by atoms with Crippen molar-refractivity contribution >= 4 is 36.0 Å². The van der Waals surface area contributed by atoms with Gasteiger partial charge in [0.1, 0.15) is 0 Å². The minimum atomic E-state index is -0.837. The summed E-state index contributed by atoms with van der Waals surface area (Å²) in [6.07, 6.45) is 1.16. The average Bonchev–Trinajstić information content (AvgIpc) is 2.18. The highest BCUT2D eigenvalue weighted by atomic mass is 35.6. The van der Waals surface area contributed by atoms with Gasteiger partial charge in [-0.1, -0.05) is 37.6 Å². The average molecular weight is 232 g/mol. The molecule has 1 aromatic rings. The number of rotatable bonds is 4. The van der Waals surface area contributed by atoms with Crippen LogP contribution in [0.1, 0.15) is 18.9 Å². The van der Waals surface area contributed by atoms with Crippen molar-refractivity contribution in [2.75, 3.05) is 0 Å². The van der Waals surface area contributed by atoms with E-state index < -0.39 is 8.11 Å². The van der Waals surface area contributed by atoms with Crippen LogP contribution in [0.2, 0.25) is 6.04 Å². The lowest BCUT2D eigenvalue weighted by atomic mass is 10.2. The van der Waals surface area contributed by atoms with Gasteiger partial charge in [-0.3, -0.25) is 0 Å². The molecule has 0 nitrogen and oxygen atoms in total. The number of hydrogen-bond acceptors (Lipinski definition) is 0. The van der Waals surface area contributed by atoms with Crippen LogP contribution >= 0.6 is 22.7 Å². The molecular weight excluding hydrogens is 219 g/mol. The Morgan fingerprint density at radius 2 is 2.15 bits per heavy atom. The summed E-state index contributed by atoms with van der Waals surface area (Å²) in [5.74, 6) is 0.575. The van der Waals surface area contributed by atoms with Crippen LogP contribution in [0.3, 0.4) is 0 Å². The SMILES string of the molecule is CCC[Si](Cl)c1cccc(CCl)c1. The molecule has 0 aliphatic heterocycles. The van der Waals surface area contributed by atoms with Gasteiger partial charge < -0.3 is 0 Å². The van der Waals surface area contributed by atoms with Crippen LogP contribution in [0.5, 0.6) is 0 Å². The Bertz CT molecular complexity index is 263. The van der Waals surface area contributed by atoms with Crippen LogP contribution in [0.15, 0.2) is 24.3 Å². The highest BCUT2D eigenvalue weighted by molar-refractivity contribution is 7.14. The van der Waals surface area contributed by atoms with Crippen molar-refractivity contribution in [2.45, 2.75) is 25.3 Å². The third-order valence-corrected chi connectivity index (χ3v) is 5.27. The second-order valence-electron chi connectivity index (χ2n) is 2.99. The Kier molecular flexibility index (Phi) is 4.85. The molecule has 0 spiro atoms. The molecule has 0 amide bonds. The van der Waals surface area contributed by atoms with Crippen LogP contribution in [0.25, 0.3) is 0 Å². The third kappa shape index (κ3) is 3.33. The highest BCUT2D eigenvalue weighted by Crippen LogP contribution is 2.06. The lowest BCUT2D eigenvalue weighted by Gasteiger charge is -2.06. The van der Waals surface area contributed by atoms with Gasteiger partial charge >= 0.3 is 0 Å². The van der Waals surface area contributed by atoms with Crippen LogP contribution in [-0.2, 0) is 5.88 Å². The molecular formula is C10H13Cl2Si. The van der Waals surface area contributed by atoms with E-state index in [4.69, 9.17) is 22.7 Å². The summed E-state index contributed by atoms with van der Waals surface area (Å²) in [5.41, 5.74) is 1.17. The zero-order valence-corrected chi connectivity index (χ0v) is 10.2. The predicted molar refractivity (Wildman–Crippen MR) is 62.3 cm³/mol. The van der Waals surface area contributed by atoms with E-state index in [1.54, 1.807) is 0 Å². The molecule has 0 bridgehead atoms. The molecule has 71 valence electrons. The first-order valence-electron chi connectivity index (χ1n) is 4.44. The number of alkyl halides is 1. The van der Waals surface area contributed by atoms with Gasteiger partial charge in [0.05, 0.1) is 0 Å². The molecule has 0 aliphatic rings. The molecule has 0 heterocycles. The first-order valence-corrected chi connectivity index (χ1v) is 7.70. The smallest absolute Gasteiger partial charge is 0.163 e. The van der Waals surface area contributed by atoms with Gasteiger partial charge in [0.25, 0.3) is 0 Å². The van der Waals surface area contributed by atoms with Gasteiger partial charge in [0.15, 0.2) is 8.11 Å². The van der Waals surface area contributed by atoms with Crippen molar-refractivity contribution in [3.05, 3.63) is 29.8 Å². The zero-order valence-electron chi connectivity index (χ0n) is 7.69. The van der Waals surface area contributed by atoms with E-state index in [1.165, 1.54) is 10.8 Å². The van der Waals surface area contributed by atoms with E-state index in [2.05, 4.69) is 19.1 Å². The molecule has 0 fully saturated rings. The molecule has 0 atom stereocenters. The normalized spacial score (nSPS) is 10.8. The topological polar surface area (TPSA) is 0 Å². The van der Waals surface area contributed by atoms with Gasteiger partial charge in [0.2, 0.25) is 0 Å². The highest BCUT2D eigenvalue weighted by Gasteiger charge is 2.09. The summed E-state index contributed by atoms with van der Waals surface area (Å²) in [4.78, 5) is 0. The molecule has 0 aliphatic carbocycles. The molecule has 1 rings (SSSR count). The summed E-state index contributed by atoms with van der Waals surface area (Å²) in [7, 11) is -0.837. The second-order valence-corrected chi connectivity index (χ2v) is 6.51. The fraction of sp³-hybridized carbons (Fsp3) is 0.400. The third-order valence-electron chi connectivity index (χ3n) is 1.86. The number of halogens is 2. The molecule has 3 heteroatoms. The molecule has 0 saturated heterocycles. The van der Waals surface area contributed by atoms with E-state index in [1.807, 2.05) is 12.1 Å². The summed E-state index contributed by atoms with van der Waals surface area (Å²) in [6.45, 7) is 2.17. The summed E-state index contributed by atoms with van der Waals surface area (Å²) >= 11 is 12.0. The predicted octanol–water partition coefficient (Wildman–Crippen LogP) is 3.27. The maximum Gasteiger partial charge on any atom is 0.199 e. The van der Waals surface area contributed by atoms with E-state index in [0.717, 1.165) is 12.5 Å². The maximum absolute atomic E-state index is 6.29. The fourth-order valence-electron chi connectivity index (χ4n) is 1.19. The Morgan fingerprint density at radius 3 is 2.77 bits per heavy atom. The Labute approximate surface area is 91.2 Å². The van der Waals surface area contributed by atoms with Crippen LogP contribution < -0.4 is 5.19 Å². The van der Waals surface area contributed by atoms with Crippen LogP contribution in [0.4, 0.5) is 0 Å². The molecule has 0 aromatic heterocycles. The van der Waals surface area contributed by atoms with Gasteiger partial charge in [-0.05, 0) is 16.8 Å². The largest absolute Gasteiger partial charge is 0.199 e. The quantitative estimate of drug-likeness (QED) is 0.424. The van der Waals surface area contributed by atoms with Gasteiger partial charge in [-0.25, -0.2) is 0 Å². The van der Waals surface area contributed by atoms with Gasteiger partial charge in [-0.2, -0.15) is 11.1 Å². The summed E-state index contributed by atoms with van der Waals surface area (Å²) in [6, 6.07) is 9.43. The zero-order chi connectivity index (χ0) is 9.68. The van der Waals surface area contributed by atoms with Crippen molar-refractivity contribution in [3.8, 4) is 0 Å². The van der Waals surface area contributed by atoms with E-state index in [-0.39, 0.29) is 0 Å². The van der Waals surface area contributed by atoms with Crippen LogP contribution in [-0.4, -0.2) is 8.11 Å². The maximum atomic E-state index is 6.29. The Hall–Kier alpha value is 0.0169. The lowest BCUT2D eigenvalue weighted by Crippen LogP contribution is -2.23.